The summed E-state index contributed by atoms with van der Waals surface area (Å²) in [5.74, 6) is -0.334. The number of halogens is 1. The normalized spacial score (nSPS) is 20.3. The number of hydrogen-bond donors (Lipinski definition) is 2. The van der Waals surface area contributed by atoms with E-state index in [4.69, 9.17) is 11.6 Å². The summed E-state index contributed by atoms with van der Waals surface area (Å²) < 4.78 is 0. The summed E-state index contributed by atoms with van der Waals surface area (Å²) in [5.41, 5.74) is 1.27. The van der Waals surface area contributed by atoms with E-state index in [0.29, 0.717) is 11.4 Å². The van der Waals surface area contributed by atoms with Gasteiger partial charge in [-0.15, -0.1) is 0 Å². The Labute approximate surface area is 134 Å². The number of aryl methyl sites for hydroxylation is 1. The van der Waals surface area contributed by atoms with E-state index < -0.39 is 5.60 Å². The molecule has 1 amide bonds. The Morgan fingerprint density at radius 1 is 1.36 bits per heavy atom. The molecule has 0 saturated heterocycles. The minimum absolute atomic E-state index is 0.164. The molecule has 1 atom stereocenters. The summed E-state index contributed by atoms with van der Waals surface area (Å²) in [5, 5.41) is 14.1. The third-order valence-electron chi connectivity index (χ3n) is 4.05. The van der Waals surface area contributed by atoms with E-state index in [1.807, 2.05) is 24.3 Å². The number of benzene rings is 1. The molecule has 0 bridgehead atoms. The summed E-state index contributed by atoms with van der Waals surface area (Å²) in [6.07, 6.45) is 3.98. The summed E-state index contributed by atoms with van der Waals surface area (Å²) in [6, 6.07) is 11.0. The zero-order valence-electron chi connectivity index (χ0n) is 12.1. The van der Waals surface area contributed by atoms with Crippen LogP contribution in [0.2, 0.25) is 5.02 Å². The first-order chi connectivity index (χ1) is 10.6. The largest absolute Gasteiger partial charge is 0.383 e. The minimum Gasteiger partial charge on any atom is -0.383 e. The van der Waals surface area contributed by atoms with Gasteiger partial charge in [-0.3, -0.25) is 9.78 Å². The van der Waals surface area contributed by atoms with Crippen molar-refractivity contribution in [3.05, 3.63) is 64.4 Å². The van der Waals surface area contributed by atoms with Crippen molar-refractivity contribution >= 4 is 17.5 Å². The van der Waals surface area contributed by atoms with Gasteiger partial charge in [0.25, 0.3) is 5.91 Å². The summed E-state index contributed by atoms with van der Waals surface area (Å²) in [7, 11) is 0. The van der Waals surface area contributed by atoms with Crippen LogP contribution in [0.15, 0.2) is 42.6 Å². The molecule has 1 heterocycles. The lowest BCUT2D eigenvalue weighted by molar-refractivity contribution is 0.0189. The lowest BCUT2D eigenvalue weighted by Crippen LogP contribution is -2.43. The van der Waals surface area contributed by atoms with Gasteiger partial charge in [0.05, 0.1) is 6.54 Å². The van der Waals surface area contributed by atoms with Crippen molar-refractivity contribution in [3.8, 4) is 0 Å². The molecule has 1 aromatic carbocycles. The van der Waals surface area contributed by atoms with E-state index in [1.54, 1.807) is 6.07 Å². The van der Waals surface area contributed by atoms with Gasteiger partial charge in [-0.25, -0.2) is 0 Å². The monoisotopic (exact) mass is 316 g/mol. The Hall–Kier alpha value is -1.91. The van der Waals surface area contributed by atoms with Crippen LogP contribution < -0.4 is 5.32 Å². The van der Waals surface area contributed by atoms with Crippen LogP contribution in [0.3, 0.4) is 0 Å². The average molecular weight is 317 g/mol. The number of carbonyl (C=O) groups excluding carboxylic acids is 1. The van der Waals surface area contributed by atoms with Crippen molar-refractivity contribution in [3.63, 3.8) is 0 Å². The molecule has 4 nitrogen and oxygen atoms in total. The molecule has 2 aromatic rings. The van der Waals surface area contributed by atoms with Gasteiger partial charge in [-0.05, 0) is 42.5 Å². The number of pyridine rings is 1. The highest BCUT2D eigenvalue weighted by Crippen LogP contribution is 2.34. The van der Waals surface area contributed by atoms with Crippen LogP contribution in [-0.4, -0.2) is 22.5 Å². The lowest BCUT2D eigenvalue weighted by atomic mass is 9.79. The lowest BCUT2D eigenvalue weighted by Gasteiger charge is -2.34. The van der Waals surface area contributed by atoms with Crippen molar-refractivity contribution in [2.24, 2.45) is 0 Å². The Bertz CT molecular complexity index is 705. The van der Waals surface area contributed by atoms with E-state index >= 15 is 0 Å². The highest BCUT2D eigenvalue weighted by atomic mass is 35.5. The van der Waals surface area contributed by atoms with Crippen LogP contribution in [0, 0.1) is 0 Å². The van der Waals surface area contributed by atoms with E-state index in [9.17, 15) is 9.90 Å². The van der Waals surface area contributed by atoms with Crippen LogP contribution in [0.4, 0.5) is 0 Å². The van der Waals surface area contributed by atoms with Crippen molar-refractivity contribution in [2.45, 2.75) is 24.9 Å². The molecular formula is C17H17ClN2O2. The molecule has 0 saturated carbocycles. The number of carbonyl (C=O) groups is 1. The zero-order valence-corrected chi connectivity index (χ0v) is 12.8. The second-order valence-electron chi connectivity index (χ2n) is 5.58. The predicted molar refractivity (Wildman–Crippen MR) is 84.9 cm³/mol. The van der Waals surface area contributed by atoms with Gasteiger partial charge >= 0.3 is 0 Å². The Morgan fingerprint density at radius 2 is 2.18 bits per heavy atom. The molecule has 5 heteroatoms. The van der Waals surface area contributed by atoms with E-state index in [-0.39, 0.29) is 18.1 Å². The summed E-state index contributed by atoms with van der Waals surface area (Å²) in [6.45, 7) is 0.164. The first-order valence-corrected chi connectivity index (χ1v) is 7.67. The molecule has 3 rings (SSSR count). The number of fused-ring (bicyclic) bond motifs is 1. The Morgan fingerprint density at radius 3 is 3.00 bits per heavy atom. The smallest absolute Gasteiger partial charge is 0.270 e. The number of aliphatic hydroxyl groups is 1. The van der Waals surface area contributed by atoms with Gasteiger partial charge in [0.2, 0.25) is 0 Å². The minimum atomic E-state index is -1.02. The van der Waals surface area contributed by atoms with Crippen molar-refractivity contribution < 1.29 is 9.90 Å². The van der Waals surface area contributed by atoms with Crippen molar-refractivity contribution in [1.82, 2.24) is 10.3 Å². The molecule has 1 aliphatic carbocycles. The zero-order chi connectivity index (χ0) is 15.6. The second-order valence-corrected chi connectivity index (χ2v) is 6.02. The maximum absolute atomic E-state index is 12.2. The Balaban J connectivity index is 1.75. The van der Waals surface area contributed by atoms with Crippen molar-refractivity contribution in [1.29, 1.82) is 0 Å². The molecule has 0 fully saturated rings. The maximum Gasteiger partial charge on any atom is 0.270 e. The quantitative estimate of drug-likeness (QED) is 0.915. The van der Waals surface area contributed by atoms with Gasteiger partial charge in [0.15, 0.2) is 0 Å². The SMILES string of the molecule is O=C(NCC1(O)CCCc2ccccc21)c1cc(Cl)ccn1. The van der Waals surface area contributed by atoms with Crippen LogP contribution in [-0.2, 0) is 12.0 Å². The van der Waals surface area contributed by atoms with E-state index in [1.165, 1.54) is 12.3 Å². The van der Waals surface area contributed by atoms with Gasteiger partial charge < -0.3 is 10.4 Å². The van der Waals surface area contributed by atoms with E-state index in [2.05, 4.69) is 10.3 Å². The van der Waals surface area contributed by atoms with Crippen molar-refractivity contribution in [2.75, 3.05) is 6.54 Å². The number of nitrogens with one attached hydrogen (secondary N) is 1. The summed E-state index contributed by atoms with van der Waals surface area (Å²) in [4.78, 5) is 16.1. The standard InChI is InChI=1S/C17H17ClN2O2/c18-13-7-9-19-15(10-13)16(21)20-11-17(22)8-3-5-12-4-1-2-6-14(12)17/h1-2,4,6-7,9-10,22H,3,5,8,11H2,(H,20,21). The number of nitrogens with zero attached hydrogens (tertiary/aromatic N) is 1. The fraction of sp³-hybridized carbons (Fsp3) is 0.294. The average Bonchev–Trinajstić information content (AvgIpc) is 2.53. The number of aromatic nitrogens is 1. The molecule has 1 aliphatic rings. The highest BCUT2D eigenvalue weighted by molar-refractivity contribution is 6.30. The molecule has 0 radical (unpaired) electrons. The highest BCUT2D eigenvalue weighted by Gasteiger charge is 2.34. The van der Waals surface area contributed by atoms with Crippen LogP contribution in [0.1, 0.15) is 34.5 Å². The maximum atomic E-state index is 12.2. The van der Waals surface area contributed by atoms with Gasteiger partial charge in [-0.1, -0.05) is 35.9 Å². The molecule has 2 N–H and O–H groups in total. The molecule has 1 aromatic heterocycles. The fourth-order valence-electron chi connectivity index (χ4n) is 2.93. The molecule has 114 valence electrons. The molecule has 1 unspecified atom stereocenters. The first kappa shape index (κ1) is 15.0. The van der Waals surface area contributed by atoms with Gasteiger partial charge in [0, 0.05) is 11.2 Å². The van der Waals surface area contributed by atoms with Crippen LogP contribution in [0.25, 0.3) is 0 Å². The summed E-state index contributed by atoms with van der Waals surface area (Å²) >= 11 is 5.86. The number of hydrogen-bond acceptors (Lipinski definition) is 3. The number of amides is 1. The Kier molecular flexibility index (Phi) is 4.14. The third kappa shape index (κ3) is 2.98. The molecule has 0 aliphatic heterocycles. The fourth-order valence-corrected chi connectivity index (χ4v) is 3.09. The van der Waals surface area contributed by atoms with E-state index in [0.717, 1.165) is 24.0 Å². The predicted octanol–water partition coefficient (Wildman–Crippen LogP) is 2.69. The third-order valence-corrected chi connectivity index (χ3v) is 4.29. The molecule has 0 spiro atoms. The van der Waals surface area contributed by atoms with Crippen LogP contribution >= 0.6 is 11.6 Å². The van der Waals surface area contributed by atoms with Crippen LogP contribution in [0.5, 0.6) is 0 Å². The first-order valence-electron chi connectivity index (χ1n) is 7.29. The van der Waals surface area contributed by atoms with Gasteiger partial charge in [0.1, 0.15) is 11.3 Å². The molecule has 22 heavy (non-hydrogen) atoms. The number of rotatable bonds is 3. The second kappa shape index (κ2) is 6.07. The van der Waals surface area contributed by atoms with Gasteiger partial charge in [-0.2, -0.15) is 0 Å². The topological polar surface area (TPSA) is 62.2 Å². The molecular weight excluding hydrogens is 300 g/mol.